The first-order chi connectivity index (χ1) is 28.7. The fourth-order valence-corrected chi connectivity index (χ4v) is 8.15. The molecule has 12 heteroatoms. The Morgan fingerprint density at radius 3 is 1.29 bits per heavy atom. The van der Waals surface area contributed by atoms with Gasteiger partial charge in [-0.05, 0) is 32.2 Å². The number of Topliss-reactive ketones (excluding diaryl/α,β-unsaturated/α-hetero) is 1. The molecule has 0 aromatic carbocycles. The summed E-state index contributed by atoms with van der Waals surface area (Å²) < 4.78 is 40.2. The summed E-state index contributed by atoms with van der Waals surface area (Å²) in [5.41, 5.74) is 11.3. The van der Waals surface area contributed by atoms with Crippen LogP contribution in [0.15, 0.2) is 0 Å². The van der Waals surface area contributed by atoms with Crippen LogP contribution in [0.5, 0.6) is 0 Å². The molecule has 0 rings (SSSR count). The standard InChI is InChI=1S/C47H93N2O9P/c1-4-6-8-10-12-14-16-18-20-22-24-26-28-30-32-36-46(51)55-41-43(42-57-59(53,54-3)56-40-34-35-45(50)44(49)38-39-48)58-47(52)37-33-31-29-27-25-23-21-19-17-15-13-11-9-7-5-2/h43-44H,4-42,48-49H2,1-3H3. The summed E-state index contributed by atoms with van der Waals surface area (Å²) >= 11 is 0. The van der Waals surface area contributed by atoms with Crippen LogP contribution in [-0.4, -0.2) is 63.3 Å². The molecule has 4 N–H and O–H groups in total. The minimum Gasteiger partial charge on any atom is -0.462 e. The quantitative estimate of drug-likeness (QED) is 0.0339. The van der Waals surface area contributed by atoms with Crippen LogP contribution in [0.4, 0.5) is 0 Å². The molecule has 0 amide bonds. The lowest BCUT2D eigenvalue weighted by atomic mass is 10.0. The Morgan fingerprint density at radius 2 is 0.898 bits per heavy atom. The van der Waals surface area contributed by atoms with Gasteiger partial charge < -0.3 is 20.9 Å². The molecule has 3 unspecified atom stereocenters. The Morgan fingerprint density at radius 1 is 0.508 bits per heavy atom. The van der Waals surface area contributed by atoms with Gasteiger partial charge in [-0.2, -0.15) is 0 Å². The SMILES string of the molecule is CCCCCCCCCCCCCCCCCC(=O)OCC(COP(=O)(OC)OCCCC(=O)C(N)CCN)OC(=O)CCCCCCCCCCCCCCCCC. The molecule has 0 bridgehead atoms. The van der Waals surface area contributed by atoms with E-state index in [1.807, 2.05) is 0 Å². The van der Waals surface area contributed by atoms with Gasteiger partial charge in [-0.3, -0.25) is 28.0 Å². The van der Waals surface area contributed by atoms with E-state index in [0.717, 1.165) is 32.1 Å². The molecule has 0 fully saturated rings. The average Bonchev–Trinajstić information content (AvgIpc) is 3.23. The zero-order valence-corrected chi connectivity index (χ0v) is 39.4. The van der Waals surface area contributed by atoms with Gasteiger partial charge in [-0.1, -0.05) is 194 Å². The molecule has 0 radical (unpaired) electrons. The second-order valence-corrected chi connectivity index (χ2v) is 18.5. The van der Waals surface area contributed by atoms with Crippen molar-refractivity contribution in [3.8, 4) is 0 Å². The van der Waals surface area contributed by atoms with Gasteiger partial charge in [-0.15, -0.1) is 0 Å². The molecule has 59 heavy (non-hydrogen) atoms. The highest BCUT2D eigenvalue weighted by atomic mass is 31.2. The van der Waals surface area contributed by atoms with E-state index < -0.39 is 25.9 Å². The molecule has 0 saturated carbocycles. The van der Waals surface area contributed by atoms with Crippen LogP contribution < -0.4 is 11.5 Å². The summed E-state index contributed by atoms with van der Waals surface area (Å²) in [4.78, 5) is 37.6. The molecule has 0 aliphatic heterocycles. The van der Waals surface area contributed by atoms with Crippen LogP contribution in [0.1, 0.15) is 239 Å². The van der Waals surface area contributed by atoms with E-state index in [0.29, 0.717) is 19.4 Å². The van der Waals surface area contributed by atoms with Crippen molar-refractivity contribution in [3.63, 3.8) is 0 Å². The number of phosphoric acid groups is 1. The van der Waals surface area contributed by atoms with Gasteiger partial charge >= 0.3 is 19.8 Å². The monoisotopic (exact) mass is 861 g/mol. The molecule has 0 saturated heterocycles. The molecule has 3 atom stereocenters. The molecule has 0 spiro atoms. The molecule has 0 aromatic heterocycles. The van der Waals surface area contributed by atoms with Crippen LogP contribution in [-0.2, 0) is 42.0 Å². The highest BCUT2D eigenvalue weighted by Crippen LogP contribution is 2.48. The van der Waals surface area contributed by atoms with Crippen molar-refractivity contribution in [2.24, 2.45) is 11.5 Å². The highest BCUT2D eigenvalue weighted by molar-refractivity contribution is 7.48. The predicted octanol–water partition coefficient (Wildman–Crippen LogP) is 12.8. The van der Waals surface area contributed by atoms with E-state index >= 15 is 0 Å². The van der Waals surface area contributed by atoms with Crippen LogP contribution in [0.25, 0.3) is 0 Å². The Hall–Kier alpha value is -1.36. The number of rotatable bonds is 47. The van der Waals surface area contributed by atoms with Gasteiger partial charge in [0.05, 0.1) is 19.3 Å². The van der Waals surface area contributed by atoms with Crippen molar-refractivity contribution in [2.45, 2.75) is 251 Å². The Labute approximate surface area is 362 Å². The maximum absolute atomic E-state index is 13.1. The van der Waals surface area contributed by atoms with Crippen molar-refractivity contribution >= 4 is 25.5 Å². The van der Waals surface area contributed by atoms with E-state index in [4.69, 9.17) is 34.5 Å². The predicted molar refractivity (Wildman–Crippen MR) is 242 cm³/mol. The van der Waals surface area contributed by atoms with Crippen molar-refractivity contribution in [1.82, 2.24) is 0 Å². The van der Waals surface area contributed by atoms with E-state index in [-0.39, 0.29) is 57.3 Å². The number of carbonyl (C=O) groups excluding carboxylic acids is 3. The largest absolute Gasteiger partial charge is 0.474 e. The summed E-state index contributed by atoms with van der Waals surface area (Å²) in [5, 5.41) is 0. The second-order valence-electron chi connectivity index (χ2n) is 16.7. The number of ether oxygens (including phenoxy) is 2. The van der Waals surface area contributed by atoms with Crippen LogP contribution in [0, 0.1) is 0 Å². The molecule has 11 nitrogen and oxygen atoms in total. The van der Waals surface area contributed by atoms with E-state index in [9.17, 15) is 18.9 Å². The van der Waals surface area contributed by atoms with E-state index in [1.165, 1.54) is 161 Å². The second kappa shape index (κ2) is 43.3. The van der Waals surface area contributed by atoms with Crippen molar-refractivity contribution < 1.29 is 42.0 Å². The minimum atomic E-state index is -4.04. The topological polar surface area (TPSA) is 166 Å². The van der Waals surface area contributed by atoms with Crippen LogP contribution >= 0.6 is 7.82 Å². The third kappa shape index (κ3) is 39.2. The first-order valence-corrected chi connectivity index (χ1v) is 26.0. The molecule has 0 aromatic rings. The number of nitrogens with two attached hydrogens (primary N) is 2. The van der Waals surface area contributed by atoms with Crippen molar-refractivity contribution in [3.05, 3.63) is 0 Å². The van der Waals surface area contributed by atoms with Gasteiger partial charge in [0.2, 0.25) is 0 Å². The molecule has 0 heterocycles. The Bertz CT molecular complexity index is 1020. The van der Waals surface area contributed by atoms with Crippen molar-refractivity contribution in [1.29, 1.82) is 0 Å². The van der Waals surface area contributed by atoms with Gasteiger partial charge in [0.1, 0.15) is 12.4 Å². The van der Waals surface area contributed by atoms with Gasteiger partial charge in [0.15, 0.2) is 6.10 Å². The lowest BCUT2D eigenvalue weighted by Gasteiger charge is -2.21. The van der Waals surface area contributed by atoms with Gasteiger partial charge in [-0.25, -0.2) is 4.57 Å². The summed E-state index contributed by atoms with van der Waals surface area (Å²) in [5.74, 6) is -0.946. The normalized spacial score (nSPS) is 13.6. The Balaban J connectivity index is 4.56. The number of carbonyl (C=O) groups is 3. The number of hydrogen-bond donors (Lipinski definition) is 2. The smallest absolute Gasteiger partial charge is 0.462 e. The number of hydrogen-bond acceptors (Lipinski definition) is 11. The number of ketones is 1. The molecule has 0 aliphatic rings. The number of unbranched alkanes of at least 4 members (excludes halogenated alkanes) is 28. The number of phosphoric ester groups is 1. The third-order valence-corrected chi connectivity index (χ3v) is 12.5. The zero-order chi connectivity index (χ0) is 43.5. The zero-order valence-electron chi connectivity index (χ0n) is 38.5. The van der Waals surface area contributed by atoms with Crippen LogP contribution in [0.3, 0.4) is 0 Å². The summed E-state index contributed by atoms with van der Waals surface area (Å²) in [6, 6.07) is -0.641. The molecule has 350 valence electrons. The maximum atomic E-state index is 13.1. The van der Waals surface area contributed by atoms with Crippen LogP contribution in [0.2, 0.25) is 0 Å². The lowest BCUT2D eigenvalue weighted by molar-refractivity contribution is -0.161. The molecule has 0 aliphatic carbocycles. The fourth-order valence-electron chi connectivity index (χ4n) is 7.17. The summed E-state index contributed by atoms with van der Waals surface area (Å²) in [6.07, 6.45) is 37.6. The number of esters is 2. The van der Waals surface area contributed by atoms with Crippen molar-refractivity contribution in [2.75, 3.05) is 33.5 Å². The fraction of sp³-hybridized carbons (Fsp3) is 0.936. The lowest BCUT2D eigenvalue weighted by Crippen LogP contribution is -2.32. The first-order valence-electron chi connectivity index (χ1n) is 24.5. The van der Waals surface area contributed by atoms with Gasteiger partial charge in [0, 0.05) is 26.4 Å². The van der Waals surface area contributed by atoms with E-state index in [2.05, 4.69) is 13.8 Å². The van der Waals surface area contributed by atoms with E-state index in [1.54, 1.807) is 0 Å². The maximum Gasteiger partial charge on any atom is 0.474 e. The average molecular weight is 861 g/mol. The highest BCUT2D eigenvalue weighted by Gasteiger charge is 2.29. The first kappa shape index (κ1) is 57.6. The summed E-state index contributed by atoms with van der Waals surface area (Å²) in [6.45, 7) is 4.20. The Kier molecular flexibility index (Phi) is 42.3. The summed E-state index contributed by atoms with van der Waals surface area (Å²) in [7, 11) is -2.84. The minimum absolute atomic E-state index is 0.0654. The molecular formula is C47H93N2O9P. The third-order valence-electron chi connectivity index (χ3n) is 11.0. The molecular weight excluding hydrogens is 767 g/mol. The van der Waals surface area contributed by atoms with Gasteiger partial charge in [0.25, 0.3) is 0 Å².